The van der Waals surface area contributed by atoms with Crippen molar-refractivity contribution in [3.63, 3.8) is 0 Å². The van der Waals surface area contributed by atoms with Crippen LogP contribution >= 0.6 is 11.8 Å². The number of amides is 1. The number of thioether (sulfide) groups is 1. The van der Waals surface area contributed by atoms with Gasteiger partial charge in [-0.3, -0.25) is 4.79 Å². The molecule has 2 N–H and O–H groups in total. The van der Waals surface area contributed by atoms with E-state index in [0.29, 0.717) is 17.8 Å². The Balaban J connectivity index is 1.40. The van der Waals surface area contributed by atoms with Crippen LogP contribution < -0.4 is 15.5 Å². The number of carbonyl (C=O) groups excluding carboxylic acids is 1. The lowest BCUT2D eigenvalue weighted by Gasteiger charge is -2.27. The lowest BCUT2D eigenvalue weighted by Crippen LogP contribution is -2.33. The molecule has 1 aliphatic rings. The minimum atomic E-state index is -1.33. The van der Waals surface area contributed by atoms with Gasteiger partial charge in [-0.05, 0) is 12.1 Å². The Morgan fingerprint density at radius 2 is 1.83 bits per heavy atom. The number of rotatable bonds is 5. The molecular weight excluding hydrogens is 421 g/mol. The van der Waals surface area contributed by atoms with Crippen molar-refractivity contribution in [1.29, 1.82) is 0 Å². The molecule has 30 heavy (non-hydrogen) atoms. The van der Waals surface area contributed by atoms with E-state index in [1.165, 1.54) is 6.20 Å². The molecule has 0 radical (unpaired) electrons. The minimum Gasteiger partial charge on any atom is -0.399 e. The smallest absolute Gasteiger partial charge is 0.320 e. The number of halogens is 3. The van der Waals surface area contributed by atoms with Gasteiger partial charge in [-0.15, -0.1) is 5.10 Å². The van der Waals surface area contributed by atoms with E-state index in [1.807, 2.05) is 11.8 Å². The molecule has 0 aliphatic carbocycles. The largest absolute Gasteiger partial charge is 0.399 e. The Hall–Kier alpha value is -3.28. The van der Waals surface area contributed by atoms with Crippen LogP contribution in [0.2, 0.25) is 0 Å². The molecule has 0 saturated carbocycles. The van der Waals surface area contributed by atoms with Crippen LogP contribution in [0.15, 0.2) is 34.9 Å². The maximum absolute atomic E-state index is 13.7. The van der Waals surface area contributed by atoms with Crippen molar-refractivity contribution in [2.45, 2.75) is 0 Å². The lowest BCUT2D eigenvalue weighted by molar-refractivity contribution is 0.0991. The Morgan fingerprint density at radius 3 is 2.57 bits per heavy atom. The van der Waals surface area contributed by atoms with Crippen LogP contribution in [0, 0.1) is 17.5 Å². The summed E-state index contributed by atoms with van der Waals surface area (Å²) in [6.07, 6.45) is 1.52. The van der Waals surface area contributed by atoms with E-state index >= 15 is 0 Å². The van der Waals surface area contributed by atoms with Crippen LogP contribution in [0.4, 0.5) is 36.4 Å². The molecule has 1 aliphatic heterocycles. The SMILES string of the molecule is O=C(Nc1ccc(N2CCSCC2)nc1)c1nnc(Nc2cc(F)c(F)cc2F)o1. The first kappa shape index (κ1) is 20.0. The maximum Gasteiger partial charge on any atom is 0.320 e. The van der Waals surface area contributed by atoms with Gasteiger partial charge in [0, 0.05) is 36.7 Å². The van der Waals surface area contributed by atoms with Crippen molar-refractivity contribution in [3.05, 3.63) is 53.8 Å². The summed E-state index contributed by atoms with van der Waals surface area (Å²) >= 11 is 1.90. The van der Waals surface area contributed by atoms with Gasteiger partial charge in [-0.1, -0.05) is 5.10 Å². The van der Waals surface area contributed by atoms with Crippen LogP contribution in [-0.2, 0) is 0 Å². The number of anilines is 4. The van der Waals surface area contributed by atoms with Crippen molar-refractivity contribution < 1.29 is 22.4 Å². The fourth-order valence-corrected chi connectivity index (χ4v) is 3.63. The topological polar surface area (TPSA) is 96.2 Å². The van der Waals surface area contributed by atoms with E-state index in [4.69, 9.17) is 4.42 Å². The van der Waals surface area contributed by atoms with Gasteiger partial charge in [0.1, 0.15) is 11.6 Å². The number of nitrogens with one attached hydrogen (secondary N) is 2. The van der Waals surface area contributed by atoms with E-state index in [9.17, 15) is 18.0 Å². The maximum atomic E-state index is 13.7. The molecule has 1 amide bonds. The normalized spacial score (nSPS) is 13.9. The third-order valence-electron chi connectivity index (χ3n) is 4.21. The second kappa shape index (κ2) is 8.61. The molecule has 1 fully saturated rings. The zero-order valence-corrected chi connectivity index (χ0v) is 16.2. The Bertz CT molecular complexity index is 1060. The summed E-state index contributed by atoms with van der Waals surface area (Å²) in [4.78, 5) is 18.8. The predicted molar refractivity (Wildman–Crippen MR) is 106 cm³/mol. The summed E-state index contributed by atoms with van der Waals surface area (Å²) in [7, 11) is 0. The second-order valence-electron chi connectivity index (χ2n) is 6.24. The highest BCUT2D eigenvalue weighted by atomic mass is 32.2. The molecule has 156 valence electrons. The summed E-state index contributed by atoms with van der Waals surface area (Å²) in [6, 6.07) is 4.12. The summed E-state index contributed by atoms with van der Waals surface area (Å²) < 4.78 is 45.0. The summed E-state index contributed by atoms with van der Waals surface area (Å²) in [6.45, 7) is 1.83. The van der Waals surface area contributed by atoms with Gasteiger partial charge < -0.3 is 20.0 Å². The fourth-order valence-electron chi connectivity index (χ4n) is 2.72. The lowest BCUT2D eigenvalue weighted by atomic mass is 10.3. The molecule has 3 aromatic rings. The highest BCUT2D eigenvalue weighted by Crippen LogP contribution is 2.23. The molecule has 0 unspecified atom stereocenters. The number of hydrogen-bond acceptors (Lipinski definition) is 8. The Morgan fingerprint density at radius 1 is 1.07 bits per heavy atom. The van der Waals surface area contributed by atoms with Gasteiger partial charge in [0.25, 0.3) is 0 Å². The third-order valence-corrected chi connectivity index (χ3v) is 5.15. The van der Waals surface area contributed by atoms with E-state index in [-0.39, 0.29) is 6.01 Å². The standard InChI is InChI=1S/C18H15F3N6O2S/c19-11-7-13(21)14(8-12(11)20)24-18-26-25-17(29-18)16(28)23-10-1-2-15(22-9-10)27-3-5-30-6-4-27/h1-2,7-9H,3-6H2,(H,23,28)(H,24,26). The summed E-state index contributed by atoms with van der Waals surface area (Å²) in [5, 5.41) is 12.0. The Kier molecular flexibility index (Phi) is 5.74. The van der Waals surface area contributed by atoms with Crippen LogP contribution in [0.5, 0.6) is 0 Å². The zero-order valence-electron chi connectivity index (χ0n) is 15.4. The Labute approximate surface area is 172 Å². The summed E-state index contributed by atoms with van der Waals surface area (Å²) in [5.74, 6) is -1.84. The molecule has 4 rings (SSSR count). The average Bonchev–Trinajstić information content (AvgIpc) is 3.22. The van der Waals surface area contributed by atoms with Gasteiger partial charge in [0.05, 0.1) is 17.6 Å². The van der Waals surface area contributed by atoms with E-state index in [0.717, 1.165) is 30.4 Å². The van der Waals surface area contributed by atoms with Crippen LogP contribution in [0.1, 0.15) is 10.7 Å². The van der Waals surface area contributed by atoms with Crippen molar-refractivity contribution in [3.8, 4) is 0 Å². The molecule has 1 saturated heterocycles. The van der Waals surface area contributed by atoms with Crippen molar-refractivity contribution >= 4 is 40.9 Å². The van der Waals surface area contributed by atoms with Gasteiger partial charge in [-0.2, -0.15) is 11.8 Å². The van der Waals surface area contributed by atoms with Gasteiger partial charge in [0.2, 0.25) is 0 Å². The molecule has 1 aromatic carbocycles. The number of nitrogens with zero attached hydrogens (tertiary/aromatic N) is 4. The predicted octanol–water partition coefficient (Wildman–Crippen LogP) is 3.43. The average molecular weight is 436 g/mol. The molecule has 2 aromatic heterocycles. The first-order valence-electron chi connectivity index (χ1n) is 8.85. The quantitative estimate of drug-likeness (QED) is 0.588. The number of carbonyl (C=O) groups is 1. The highest BCUT2D eigenvalue weighted by Gasteiger charge is 2.18. The van der Waals surface area contributed by atoms with Crippen LogP contribution in [-0.4, -0.2) is 45.7 Å². The van der Waals surface area contributed by atoms with E-state index in [2.05, 4.69) is 30.7 Å². The molecule has 3 heterocycles. The molecular formula is C18H15F3N6O2S. The van der Waals surface area contributed by atoms with Crippen LogP contribution in [0.25, 0.3) is 0 Å². The van der Waals surface area contributed by atoms with Gasteiger partial charge >= 0.3 is 17.8 Å². The molecule has 12 heteroatoms. The number of pyridine rings is 1. The van der Waals surface area contributed by atoms with Gasteiger partial charge in [-0.25, -0.2) is 18.2 Å². The number of aromatic nitrogens is 3. The van der Waals surface area contributed by atoms with Crippen molar-refractivity contribution in [1.82, 2.24) is 15.2 Å². The highest BCUT2D eigenvalue weighted by molar-refractivity contribution is 7.99. The van der Waals surface area contributed by atoms with E-state index in [1.54, 1.807) is 12.1 Å². The zero-order chi connectivity index (χ0) is 21.1. The molecule has 0 atom stereocenters. The molecule has 0 spiro atoms. The second-order valence-corrected chi connectivity index (χ2v) is 7.47. The monoisotopic (exact) mass is 436 g/mol. The molecule has 8 nitrogen and oxygen atoms in total. The number of benzene rings is 1. The van der Waals surface area contributed by atoms with Gasteiger partial charge in [0.15, 0.2) is 11.6 Å². The fraction of sp³-hybridized carbons (Fsp3) is 0.222. The summed E-state index contributed by atoms with van der Waals surface area (Å²) in [5.41, 5.74) is 0.00917. The van der Waals surface area contributed by atoms with Crippen molar-refractivity contribution in [2.75, 3.05) is 40.1 Å². The first-order chi connectivity index (χ1) is 14.5. The third kappa shape index (κ3) is 4.48. The van der Waals surface area contributed by atoms with E-state index < -0.39 is 34.9 Å². The molecule has 0 bridgehead atoms. The minimum absolute atomic E-state index is 0.360. The van der Waals surface area contributed by atoms with Crippen molar-refractivity contribution in [2.24, 2.45) is 0 Å². The number of hydrogen-bond donors (Lipinski definition) is 2. The van der Waals surface area contributed by atoms with Crippen LogP contribution in [0.3, 0.4) is 0 Å². The first-order valence-corrected chi connectivity index (χ1v) is 10.0.